The summed E-state index contributed by atoms with van der Waals surface area (Å²) >= 11 is 16.9. The van der Waals surface area contributed by atoms with E-state index >= 15 is 0 Å². The molecule has 4 heteroatoms. The number of unbranched alkanes of at least 4 members (excludes halogenated alkanes) is 5. The molecule has 0 aromatic rings. The van der Waals surface area contributed by atoms with Crippen molar-refractivity contribution in [3.05, 3.63) is 0 Å². The Kier molecular flexibility index (Phi) is 9.10. The molecule has 0 atom stereocenters. The summed E-state index contributed by atoms with van der Waals surface area (Å²) in [7, 11) is 3.45. The van der Waals surface area contributed by atoms with E-state index in [2.05, 4.69) is 10.2 Å². The van der Waals surface area contributed by atoms with Crippen molar-refractivity contribution in [2.24, 2.45) is 0 Å². The smallest absolute Gasteiger partial charge is 0.0837 e. The Bertz CT molecular complexity index is 112. The Morgan fingerprint density at radius 1 is 0.769 bits per heavy atom. The third kappa shape index (κ3) is 13.1. The Morgan fingerprint density at radius 2 is 1.23 bits per heavy atom. The maximum atomic E-state index is 5.62. The van der Waals surface area contributed by atoms with Crippen LogP contribution >= 0.6 is 34.8 Å². The number of alkyl halides is 3. The third-order valence-corrected chi connectivity index (χ3v) is 2.81. The molecule has 0 nitrogen and oxygen atoms in total. The van der Waals surface area contributed by atoms with Crippen LogP contribution in [0.5, 0.6) is 0 Å². The van der Waals surface area contributed by atoms with E-state index in [0.717, 1.165) is 12.5 Å². The summed E-state index contributed by atoms with van der Waals surface area (Å²) in [5.41, 5.74) is 0. The first-order chi connectivity index (χ1) is 6.06. The van der Waals surface area contributed by atoms with Gasteiger partial charge in [0.05, 0.1) is 0 Å². The Labute approximate surface area is 99.7 Å². The highest BCUT2D eigenvalue weighted by Crippen LogP contribution is 2.32. The molecule has 0 amide bonds. The molecular weight excluding hydrogens is 243 g/mol. The number of hydrogen-bond donors (Lipinski definition) is 0. The predicted octanol–water partition coefficient (Wildman–Crippen LogP) is 4.67. The van der Waals surface area contributed by atoms with Crippen molar-refractivity contribution in [3.63, 3.8) is 0 Å². The van der Waals surface area contributed by atoms with Crippen LogP contribution in [0.15, 0.2) is 0 Å². The largest absolute Gasteiger partial charge is 0.190 e. The molecule has 0 spiro atoms. The second-order valence-electron chi connectivity index (χ2n) is 3.24. The highest BCUT2D eigenvalue weighted by molar-refractivity contribution is 6.67. The zero-order valence-electron chi connectivity index (χ0n) is 7.79. The Hall–Kier alpha value is 1.09. The van der Waals surface area contributed by atoms with Gasteiger partial charge in [-0.05, 0) is 12.8 Å². The average Bonchev–Trinajstić information content (AvgIpc) is 2.01. The van der Waals surface area contributed by atoms with Crippen LogP contribution in [-0.2, 0) is 0 Å². The topological polar surface area (TPSA) is 0 Å². The highest BCUT2D eigenvalue weighted by Gasteiger charge is 2.17. The summed E-state index contributed by atoms with van der Waals surface area (Å²) < 4.78 is -1.05. The quantitative estimate of drug-likeness (QED) is 0.353. The molecule has 0 aliphatic rings. The lowest BCUT2D eigenvalue weighted by Crippen LogP contribution is -2.00. The predicted molar refractivity (Wildman–Crippen MR) is 63.2 cm³/mol. The molecule has 0 aliphatic heterocycles. The summed E-state index contributed by atoms with van der Waals surface area (Å²) in [6, 6.07) is 1.11. The Balaban J connectivity index is 3.00. The maximum absolute atomic E-state index is 5.62. The number of hydrogen-bond acceptors (Lipinski definition) is 0. The van der Waals surface area contributed by atoms with Gasteiger partial charge in [0, 0.05) is 10.2 Å². The van der Waals surface area contributed by atoms with Gasteiger partial charge in [-0.3, -0.25) is 0 Å². The molecule has 0 rings (SSSR count). The lowest BCUT2D eigenvalue weighted by molar-refractivity contribution is 0.593. The van der Waals surface area contributed by atoms with Crippen LogP contribution in [-0.4, -0.2) is 14.0 Å². The lowest BCUT2D eigenvalue weighted by Gasteiger charge is -2.09. The van der Waals surface area contributed by atoms with Gasteiger partial charge in [0.2, 0.25) is 0 Å². The van der Waals surface area contributed by atoms with Gasteiger partial charge >= 0.3 is 0 Å². The lowest BCUT2D eigenvalue weighted by atomic mass is 10.1. The first-order valence-electron chi connectivity index (χ1n) is 4.77. The van der Waals surface area contributed by atoms with Crippen molar-refractivity contribution in [2.45, 2.75) is 54.8 Å². The van der Waals surface area contributed by atoms with Gasteiger partial charge in [-0.2, -0.15) is 0 Å². The van der Waals surface area contributed by atoms with Crippen molar-refractivity contribution < 1.29 is 0 Å². The molecule has 0 heterocycles. The van der Waals surface area contributed by atoms with Crippen molar-refractivity contribution in [3.8, 4) is 0 Å². The fourth-order valence-corrected chi connectivity index (χ4v) is 1.81. The normalized spacial score (nSPS) is 12.0. The minimum absolute atomic E-state index is 0.676. The van der Waals surface area contributed by atoms with Crippen LogP contribution in [0.3, 0.4) is 0 Å². The molecule has 0 unspecified atom stereocenters. The molecule has 13 heavy (non-hydrogen) atoms. The molecule has 0 bridgehead atoms. The van der Waals surface area contributed by atoms with E-state index in [1.54, 1.807) is 0 Å². The van der Waals surface area contributed by atoms with Crippen molar-refractivity contribution in [1.82, 2.24) is 0 Å². The SMILES string of the molecule is [Si]CCCCCCCCC(Cl)(Cl)Cl. The van der Waals surface area contributed by atoms with Crippen LogP contribution in [0.1, 0.15) is 44.9 Å². The number of halogens is 3. The maximum Gasteiger partial charge on any atom is 0.190 e. The minimum Gasteiger partial charge on any atom is -0.0837 e. The summed E-state index contributed by atoms with van der Waals surface area (Å²) in [4.78, 5) is 0. The summed E-state index contributed by atoms with van der Waals surface area (Å²) in [5.74, 6) is 0. The zero-order valence-corrected chi connectivity index (χ0v) is 11.1. The van der Waals surface area contributed by atoms with E-state index in [9.17, 15) is 0 Å². The minimum atomic E-state index is -1.05. The van der Waals surface area contributed by atoms with Gasteiger partial charge in [-0.1, -0.05) is 73.0 Å². The van der Waals surface area contributed by atoms with Gasteiger partial charge in [-0.25, -0.2) is 0 Å². The number of rotatable bonds is 7. The van der Waals surface area contributed by atoms with Gasteiger partial charge in [0.25, 0.3) is 0 Å². The fourth-order valence-electron chi connectivity index (χ4n) is 1.16. The van der Waals surface area contributed by atoms with Crippen LogP contribution in [0.25, 0.3) is 0 Å². The summed E-state index contributed by atoms with van der Waals surface area (Å²) in [5, 5.41) is 0. The van der Waals surface area contributed by atoms with Gasteiger partial charge in [0.15, 0.2) is 3.79 Å². The van der Waals surface area contributed by atoms with Crippen molar-refractivity contribution in [1.29, 1.82) is 0 Å². The fraction of sp³-hybridized carbons (Fsp3) is 1.00. The zero-order chi connectivity index (χ0) is 10.2. The summed E-state index contributed by atoms with van der Waals surface area (Å²) in [6.07, 6.45) is 7.99. The van der Waals surface area contributed by atoms with Crippen LogP contribution in [0.2, 0.25) is 6.04 Å². The van der Waals surface area contributed by atoms with Gasteiger partial charge in [0.1, 0.15) is 0 Å². The van der Waals surface area contributed by atoms with Crippen LogP contribution < -0.4 is 0 Å². The van der Waals surface area contributed by atoms with Crippen LogP contribution in [0, 0.1) is 0 Å². The molecule has 77 valence electrons. The third-order valence-electron chi connectivity index (χ3n) is 1.89. The van der Waals surface area contributed by atoms with Crippen molar-refractivity contribution in [2.75, 3.05) is 0 Å². The second-order valence-corrected chi connectivity index (χ2v) is 6.25. The van der Waals surface area contributed by atoms with E-state index in [1.165, 1.54) is 32.1 Å². The molecular formula is C9H16Cl3Si. The van der Waals surface area contributed by atoms with Gasteiger partial charge in [-0.15, -0.1) is 0 Å². The monoisotopic (exact) mass is 257 g/mol. The molecule has 0 saturated carbocycles. The van der Waals surface area contributed by atoms with Gasteiger partial charge < -0.3 is 0 Å². The molecule has 0 aliphatic carbocycles. The van der Waals surface area contributed by atoms with E-state index in [-0.39, 0.29) is 0 Å². The molecule has 0 fully saturated rings. The highest BCUT2D eigenvalue weighted by atomic mass is 35.6. The Morgan fingerprint density at radius 3 is 1.69 bits per heavy atom. The van der Waals surface area contributed by atoms with Crippen LogP contribution in [0.4, 0.5) is 0 Å². The standard InChI is InChI=1S/C9H16Cl3Si/c10-9(11,12)7-5-3-1-2-4-6-8-13/h1-8H2. The molecule has 0 saturated heterocycles. The molecule has 0 N–H and O–H groups in total. The van der Waals surface area contributed by atoms with E-state index < -0.39 is 3.79 Å². The first kappa shape index (κ1) is 14.1. The average molecular weight is 259 g/mol. The van der Waals surface area contributed by atoms with E-state index in [0.29, 0.717) is 6.42 Å². The summed E-state index contributed by atoms with van der Waals surface area (Å²) in [6.45, 7) is 0. The molecule has 0 aromatic heterocycles. The second kappa shape index (κ2) is 8.40. The van der Waals surface area contributed by atoms with E-state index in [1.807, 2.05) is 0 Å². The first-order valence-corrected chi connectivity index (χ1v) is 6.62. The molecule has 3 radical (unpaired) electrons. The van der Waals surface area contributed by atoms with Crippen molar-refractivity contribution >= 4 is 45.0 Å². The molecule has 0 aromatic carbocycles. The van der Waals surface area contributed by atoms with E-state index in [4.69, 9.17) is 34.8 Å².